The zero-order chi connectivity index (χ0) is 19.5. The first-order chi connectivity index (χ1) is 14.3. The molecule has 29 heavy (non-hydrogen) atoms. The number of hydrogen-bond acceptors (Lipinski definition) is 6. The second-order valence-electron chi connectivity index (χ2n) is 7.45. The monoisotopic (exact) mass is 389 g/mol. The van der Waals surface area contributed by atoms with Crippen LogP contribution in [0.1, 0.15) is 32.1 Å². The maximum Gasteiger partial charge on any atom is 0.295 e. The quantitative estimate of drug-likeness (QED) is 0.459. The Bertz CT molecular complexity index is 1080. The molecule has 7 nitrogen and oxygen atoms in total. The van der Waals surface area contributed by atoms with E-state index in [1.54, 1.807) is 18.6 Å². The van der Waals surface area contributed by atoms with Gasteiger partial charge in [0.1, 0.15) is 22.7 Å². The lowest BCUT2D eigenvalue weighted by Crippen LogP contribution is -2.17. The molecular formula is C22H23N5O2. The highest BCUT2D eigenvalue weighted by Crippen LogP contribution is 2.29. The van der Waals surface area contributed by atoms with E-state index in [-0.39, 0.29) is 0 Å². The fraction of sp³-hybridized carbons (Fsp3) is 0.318. The van der Waals surface area contributed by atoms with Crippen molar-refractivity contribution in [2.75, 3.05) is 11.9 Å². The SMILES string of the molecule is c1cc(Oc2ccc3nc(NCC4CCCCC4)oc3c2)cc(-c2ncc[nH]2)n1. The Labute approximate surface area is 168 Å². The second kappa shape index (κ2) is 7.95. The van der Waals surface area contributed by atoms with Crippen molar-refractivity contribution in [1.82, 2.24) is 19.9 Å². The second-order valence-corrected chi connectivity index (χ2v) is 7.45. The molecule has 1 fully saturated rings. The number of imidazole rings is 1. The standard InChI is InChI=1S/C22H23N5O2/c1-2-4-15(5-3-1)14-26-22-27-18-7-6-16(13-20(18)29-22)28-17-8-9-23-19(12-17)21-24-10-11-25-21/h6-13,15H,1-5,14H2,(H,24,25)(H,26,27). The van der Waals surface area contributed by atoms with Gasteiger partial charge in [-0.1, -0.05) is 19.3 Å². The van der Waals surface area contributed by atoms with E-state index >= 15 is 0 Å². The zero-order valence-corrected chi connectivity index (χ0v) is 16.1. The molecule has 0 saturated heterocycles. The van der Waals surface area contributed by atoms with Crippen LogP contribution in [0.4, 0.5) is 6.01 Å². The van der Waals surface area contributed by atoms with Crippen LogP contribution in [-0.4, -0.2) is 26.5 Å². The molecule has 0 unspecified atom stereocenters. The molecule has 1 aromatic carbocycles. The third-order valence-corrected chi connectivity index (χ3v) is 5.33. The Hall–Kier alpha value is -3.35. The summed E-state index contributed by atoms with van der Waals surface area (Å²) in [6, 6.07) is 9.90. The Morgan fingerprint density at radius 1 is 1.03 bits per heavy atom. The minimum absolute atomic E-state index is 0.576. The Balaban J connectivity index is 1.29. The molecule has 4 aromatic rings. The van der Waals surface area contributed by atoms with E-state index < -0.39 is 0 Å². The van der Waals surface area contributed by atoms with E-state index in [0.29, 0.717) is 34.8 Å². The smallest absolute Gasteiger partial charge is 0.295 e. The Morgan fingerprint density at radius 3 is 2.79 bits per heavy atom. The van der Waals surface area contributed by atoms with Gasteiger partial charge in [0.05, 0.1) is 0 Å². The fourth-order valence-electron chi connectivity index (χ4n) is 3.81. The van der Waals surface area contributed by atoms with Crippen molar-refractivity contribution in [3.8, 4) is 23.0 Å². The predicted octanol–water partition coefficient (Wildman–Crippen LogP) is 5.40. The summed E-state index contributed by atoms with van der Waals surface area (Å²) in [5.41, 5.74) is 2.24. The van der Waals surface area contributed by atoms with Gasteiger partial charge in [0.2, 0.25) is 0 Å². The Kier molecular flexibility index (Phi) is 4.86. The number of benzene rings is 1. The lowest BCUT2D eigenvalue weighted by atomic mass is 9.89. The van der Waals surface area contributed by atoms with Gasteiger partial charge >= 0.3 is 0 Å². The van der Waals surface area contributed by atoms with Crippen LogP contribution < -0.4 is 10.1 Å². The number of pyridine rings is 1. The molecule has 0 atom stereocenters. The summed E-state index contributed by atoms with van der Waals surface area (Å²) in [6.07, 6.45) is 11.8. The van der Waals surface area contributed by atoms with Crippen LogP contribution in [0.15, 0.2) is 53.3 Å². The third-order valence-electron chi connectivity index (χ3n) is 5.33. The highest BCUT2D eigenvalue weighted by molar-refractivity contribution is 5.76. The number of anilines is 1. The molecule has 2 N–H and O–H groups in total. The molecule has 0 bridgehead atoms. The lowest BCUT2D eigenvalue weighted by Gasteiger charge is -2.21. The average molecular weight is 389 g/mol. The van der Waals surface area contributed by atoms with Gasteiger partial charge in [0, 0.05) is 37.3 Å². The molecule has 148 valence electrons. The van der Waals surface area contributed by atoms with E-state index in [1.807, 2.05) is 30.3 Å². The first-order valence-corrected chi connectivity index (χ1v) is 10.1. The summed E-state index contributed by atoms with van der Waals surface area (Å²) in [6.45, 7) is 0.919. The average Bonchev–Trinajstić information content (AvgIpc) is 3.43. The van der Waals surface area contributed by atoms with Crippen molar-refractivity contribution in [1.29, 1.82) is 0 Å². The number of H-pyrrole nitrogens is 1. The highest BCUT2D eigenvalue weighted by atomic mass is 16.5. The summed E-state index contributed by atoms with van der Waals surface area (Å²) in [4.78, 5) is 16.1. The third kappa shape index (κ3) is 4.08. The number of nitrogens with one attached hydrogen (secondary N) is 2. The summed E-state index contributed by atoms with van der Waals surface area (Å²) >= 11 is 0. The molecule has 1 aliphatic rings. The van der Waals surface area contributed by atoms with Crippen molar-refractivity contribution < 1.29 is 9.15 Å². The van der Waals surface area contributed by atoms with Crippen LogP contribution >= 0.6 is 0 Å². The largest absolute Gasteiger partial charge is 0.457 e. The molecule has 0 aliphatic heterocycles. The molecular weight excluding hydrogens is 366 g/mol. The van der Waals surface area contributed by atoms with Crippen molar-refractivity contribution in [3.63, 3.8) is 0 Å². The van der Waals surface area contributed by atoms with Crippen LogP contribution in [0, 0.1) is 5.92 Å². The van der Waals surface area contributed by atoms with Crippen LogP contribution in [-0.2, 0) is 0 Å². The number of oxazole rings is 1. The molecule has 7 heteroatoms. The summed E-state index contributed by atoms with van der Waals surface area (Å²) < 4.78 is 11.9. The van der Waals surface area contributed by atoms with Gasteiger partial charge in [0.25, 0.3) is 6.01 Å². The summed E-state index contributed by atoms with van der Waals surface area (Å²) in [5, 5.41) is 3.36. The maximum absolute atomic E-state index is 6.00. The normalized spacial score (nSPS) is 14.9. The fourth-order valence-corrected chi connectivity index (χ4v) is 3.81. The van der Waals surface area contributed by atoms with Crippen LogP contribution in [0.5, 0.6) is 11.5 Å². The highest BCUT2D eigenvalue weighted by Gasteiger charge is 2.15. The van der Waals surface area contributed by atoms with Crippen LogP contribution in [0.25, 0.3) is 22.6 Å². The van der Waals surface area contributed by atoms with Gasteiger partial charge in [-0.2, -0.15) is 4.98 Å². The van der Waals surface area contributed by atoms with Crippen molar-refractivity contribution in [3.05, 3.63) is 48.9 Å². The molecule has 3 aromatic heterocycles. The van der Waals surface area contributed by atoms with Gasteiger partial charge in [-0.05, 0) is 37.0 Å². The van der Waals surface area contributed by atoms with Crippen molar-refractivity contribution in [2.24, 2.45) is 5.92 Å². The van der Waals surface area contributed by atoms with E-state index in [4.69, 9.17) is 9.15 Å². The molecule has 0 spiro atoms. The van der Waals surface area contributed by atoms with E-state index in [9.17, 15) is 0 Å². The van der Waals surface area contributed by atoms with Crippen molar-refractivity contribution >= 4 is 17.1 Å². The van der Waals surface area contributed by atoms with Crippen LogP contribution in [0.3, 0.4) is 0 Å². The van der Waals surface area contributed by atoms with Gasteiger partial charge in [0.15, 0.2) is 11.4 Å². The predicted molar refractivity (Wildman–Crippen MR) is 111 cm³/mol. The molecule has 1 aliphatic carbocycles. The maximum atomic E-state index is 6.00. The molecule has 5 rings (SSSR count). The molecule has 3 heterocycles. The molecule has 0 amide bonds. The van der Waals surface area contributed by atoms with Gasteiger partial charge < -0.3 is 19.5 Å². The number of fused-ring (bicyclic) bond motifs is 1. The summed E-state index contributed by atoms with van der Waals surface area (Å²) in [5.74, 6) is 2.78. The number of nitrogens with zero attached hydrogens (tertiary/aromatic N) is 3. The Morgan fingerprint density at radius 2 is 1.93 bits per heavy atom. The van der Waals surface area contributed by atoms with E-state index in [0.717, 1.165) is 17.8 Å². The number of aromatic nitrogens is 4. The van der Waals surface area contributed by atoms with Crippen LogP contribution in [0.2, 0.25) is 0 Å². The van der Waals surface area contributed by atoms with Gasteiger partial charge in [-0.15, -0.1) is 0 Å². The topological polar surface area (TPSA) is 88.9 Å². The number of hydrogen-bond donors (Lipinski definition) is 2. The summed E-state index contributed by atoms with van der Waals surface area (Å²) in [7, 11) is 0. The van der Waals surface area contributed by atoms with Gasteiger partial charge in [-0.3, -0.25) is 4.98 Å². The zero-order valence-electron chi connectivity index (χ0n) is 16.1. The van der Waals surface area contributed by atoms with Crippen molar-refractivity contribution in [2.45, 2.75) is 32.1 Å². The number of ether oxygens (including phenoxy) is 1. The van der Waals surface area contributed by atoms with E-state index in [1.165, 1.54) is 32.1 Å². The lowest BCUT2D eigenvalue weighted by molar-refractivity contribution is 0.371. The van der Waals surface area contributed by atoms with Gasteiger partial charge in [-0.25, -0.2) is 4.98 Å². The first-order valence-electron chi connectivity index (χ1n) is 10.1. The van der Waals surface area contributed by atoms with E-state index in [2.05, 4.69) is 25.3 Å². The number of rotatable bonds is 6. The molecule has 0 radical (unpaired) electrons. The first kappa shape index (κ1) is 17.7. The molecule has 1 saturated carbocycles. The number of aromatic amines is 1. The minimum atomic E-state index is 0.576. The minimum Gasteiger partial charge on any atom is -0.457 e.